The molecule has 0 aliphatic heterocycles. The third-order valence-corrected chi connectivity index (χ3v) is 3.46. The van der Waals surface area contributed by atoms with Crippen LogP contribution in [0.1, 0.15) is 18.1 Å². The van der Waals surface area contributed by atoms with Crippen molar-refractivity contribution in [3.8, 4) is 0 Å². The predicted octanol–water partition coefficient (Wildman–Crippen LogP) is 3.31. The van der Waals surface area contributed by atoms with Gasteiger partial charge in [0, 0.05) is 0 Å². The minimum absolute atomic E-state index is 0.0464. The van der Waals surface area contributed by atoms with Gasteiger partial charge in [-0.2, -0.15) is 0 Å². The van der Waals surface area contributed by atoms with Crippen molar-refractivity contribution >= 4 is 17.5 Å². The molecular weight excluding hydrogens is 258 g/mol. The standard InChI is InChI=1S/C16H16ClNO/c1-16(18-15(19)12-17,13-8-4-2-5-9-13)14-10-6-3-7-11-14/h2-11H,12H2,1H3,(H,18,19). The van der Waals surface area contributed by atoms with Gasteiger partial charge < -0.3 is 5.32 Å². The first-order valence-corrected chi connectivity index (χ1v) is 6.68. The topological polar surface area (TPSA) is 29.1 Å². The van der Waals surface area contributed by atoms with Gasteiger partial charge in [-0.1, -0.05) is 60.7 Å². The van der Waals surface area contributed by atoms with E-state index in [4.69, 9.17) is 11.6 Å². The highest BCUT2D eigenvalue weighted by molar-refractivity contribution is 6.27. The first kappa shape index (κ1) is 13.6. The molecule has 0 fully saturated rings. The van der Waals surface area contributed by atoms with Crippen molar-refractivity contribution < 1.29 is 4.79 Å². The summed E-state index contributed by atoms with van der Waals surface area (Å²) in [6.45, 7) is 1.99. The Morgan fingerprint density at radius 1 is 1.00 bits per heavy atom. The summed E-state index contributed by atoms with van der Waals surface area (Å²) in [6.07, 6.45) is 0. The van der Waals surface area contributed by atoms with Crippen molar-refractivity contribution in [2.45, 2.75) is 12.5 Å². The Bertz CT molecular complexity index is 500. The molecule has 0 radical (unpaired) electrons. The Kier molecular flexibility index (Phi) is 4.23. The maximum Gasteiger partial charge on any atom is 0.235 e. The summed E-state index contributed by atoms with van der Waals surface area (Å²) in [5.74, 6) is -0.230. The Labute approximate surface area is 118 Å². The molecule has 2 aromatic carbocycles. The van der Waals surface area contributed by atoms with E-state index in [1.807, 2.05) is 67.6 Å². The van der Waals surface area contributed by atoms with Gasteiger partial charge in [0.1, 0.15) is 5.88 Å². The molecule has 1 amide bonds. The fourth-order valence-corrected chi connectivity index (χ4v) is 2.23. The number of hydrogen-bond acceptors (Lipinski definition) is 1. The van der Waals surface area contributed by atoms with Gasteiger partial charge in [-0.25, -0.2) is 0 Å². The summed E-state index contributed by atoms with van der Waals surface area (Å²) < 4.78 is 0. The average Bonchev–Trinajstić information content (AvgIpc) is 2.48. The minimum atomic E-state index is -0.575. The molecule has 3 heteroatoms. The molecule has 0 heterocycles. The van der Waals surface area contributed by atoms with Crippen LogP contribution in [0.5, 0.6) is 0 Å². The van der Waals surface area contributed by atoms with E-state index in [0.29, 0.717) is 0 Å². The average molecular weight is 274 g/mol. The molecular formula is C16H16ClNO. The molecule has 19 heavy (non-hydrogen) atoms. The number of amides is 1. The molecule has 0 saturated heterocycles. The Balaban J connectivity index is 2.47. The number of hydrogen-bond donors (Lipinski definition) is 1. The molecule has 0 atom stereocenters. The van der Waals surface area contributed by atoms with Gasteiger partial charge in [0.15, 0.2) is 0 Å². The first-order chi connectivity index (χ1) is 9.16. The lowest BCUT2D eigenvalue weighted by molar-refractivity contribution is -0.120. The lowest BCUT2D eigenvalue weighted by Gasteiger charge is -2.32. The summed E-state index contributed by atoms with van der Waals surface area (Å²) in [5.41, 5.74) is 1.48. The quantitative estimate of drug-likeness (QED) is 0.851. The van der Waals surface area contributed by atoms with E-state index >= 15 is 0 Å². The predicted molar refractivity (Wildman–Crippen MR) is 78.2 cm³/mol. The molecule has 0 spiro atoms. The van der Waals surface area contributed by atoms with E-state index in [2.05, 4.69) is 5.32 Å². The Hall–Kier alpha value is -1.80. The first-order valence-electron chi connectivity index (χ1n) is 6.15. The zero-order chi connectivity index (χ0) is 13.7. The van der Waals surface area contributed by atoms with Crippen LogP contribution in [0.25, 0.3) is 0 Å². The molecule has 0 saturated carbocycles. The van der Waals surface area contributed by atoms with Crippen LogP contribution >= 0.6 is 11.6 Å². The van der Waals surface area contributed by atoms with Crippen LogP contribution in [0.2, 0.25) is 0 Å². The number of carbonyl (C=O) groups is 1. The summed E-state index contributed by atoms with van der Waals surface area (Å²) >= 11 is 5.62. The van der Waals surface area contributed by atoms with Gasteiger partial charge in [-0.3, -0.25) is 4.79 Å². The maximum absolute atomic E-state index is 11.7. The summed E-state index contributed by atoms with van der Waals surface area (Å²) in [4.78, 5) is 11.7. The molecule has 0 aromatic heterocycles. The molecule has 0 bridgehead atoms. The molecule has 2 aromatic rings. The van der Waals surface area contributed by atoms with Crippen LogP contribution in [-0.4, -0.2) is 11.8 Å². The van der Waals surface area contributed by atoms with Crippen LogP contribution in [0.4, 0.5) is 0 Å². The number of halogens is 1. The normalized spacial score (nSPS) is 11.1. The zero-order valence-electron chi connectivity index (χ0n) is 10.8. The molecule has 1 N–H and O–H groups in total. The second kappa shape index (κ2) is 5.89. The highest BCUT2D eigenvalue weighted by Crippen LogP contribution is 2.28. The number of benzene rings is 2. The lowest BCUT2D eigenvalue weighted by Crippen LogP contribution is -2.45. The minimum Gasteiger partial charge on any atom is -0.342 e. The smallest absolute Gasteiger partial charge is 0.235 e. The highest BCUT2D eigenvalue weighted by Gasteiger charge is 2.30. The second-order valence-corrected chi connectivity index (χ2v) is 4.81. The van der Waals surface area contributed by atoms with Crippen LogP contribution in [0, 0.1) is 0 Å². The summed E-state index contributed by atoms with van der Waals surface area (Å²) in [5, 5.41) is 3.00. The third kappa shape index (κ3) is 2.96. The summed E-state index contributed by atoms with van der Waals surface area (Å²) in [6, 6.07) is 19.8. The van der Waals surface area contributed by atoms with Gasteiger partial charge in [0.25, 0.3) is 0 Å². The maximum atomic E-state index is 11.7. The molecule has 0 aliphatic rings. The van der Waals surface area contributed by atoms with Gasteiger partial charge in [-0.05, 0) is 18.1 Å². The van der Waals surface area contributed by atoms with Gasteiger partial charge in [0.2, 0.25) is 5.91 Å². The lowest BCUT2D eigenvalue weighted by atomic mass is 9.84. The third-order valence-electron chi connectivity index (χ3n) is 3.21. The van der Waals surface area contributed by atoms with Crippen molar-refractivity contribution in [3.05, 3.63) is 71.8 Å². The number of nitrogens with one attached hydrogen (secondary N) is 1. The van der Waals surface area contributed by atoms with Gasteiger partial charge in [-0.15, -0.1) is 11.6 Å². The Morgan fingerprint density at radius 3 is 1.79 bits per heavy atom. The second-order valence-electron chi connectivity index (χ2n) is 4.54. The van der Waals surface area contributed by atoms with Crippen LogP contribution in [-0.2, 0) is 10.3 Å². The monoisotopic (exact) mass is 273 g/mol. The highest BCUT2D eigenvalue weighted by atomic mass is 35.5. The van der Waals surface area contributed by atoms with Gasteiger partial charge >= 0.3 is 0 Å². The van der Waals surface area contributed by atoms with E-state index in [9.17, 15) is 4.79 Å². The van der Waals surface area contributed by atoms with Crippen molar-refractivity contribution in [2.24, 2.45) is 0 Å². The van der Waals surface area contributed by atoms with E-state index in [0.717, 1.165) is 11.1 Å². The number of carbonyl (C=O) groups excluding carboxylic acids is 1. The SMILES string of the molecule is CC(NC(=O)CCl)(c1ccccc1)c1ccccc1. The van der Waals surface area contributed by atoms with Crippen molar-refractivity contribution in [1.82, 2.24) is 5.32 Å². The van der Waals surface area contributed by atoms with Crippen LogP contribution in [0.3, 0.4) is 0 Å². The molecule has 2 nitrogen and oxygen atoms in total. The molecule has 98 valence electrons. The molecule has 0 aliphatic carbocycles. The fourth-order valence-electron chi connectivity index (χ4n) is 2.17. The largest absolute Gasteiger partial charge is 0.342 e. The van der Waals surface area contributed by atoms with Crippen LogP contribution < -0.4 is 5.32 Å². The Morgan fingerprint density at radius 2 is 1.42 bits per heavy atom. The fraction of sp³-hybridized carbons (Fsp3) is 0.188. The zero-order valence-corrected chi connectivity index (χ0v) is 11.5. The van der Waals surface area contributed by atoms with Crippen molar-refractivity contribution in [3.63, 3.8) is 0 Å². The molecule has 0 unspecified atom stereocenters. The van der Waals surface area contributed by atoms with E-state index in [-0.39, 0.29) is 11.8 Å². The van der Waals surface area contributed by atoms with E-state index < -0.39 is 5.54 Å². The number of alkyl halides is 1. The summed E-state index contributed by atoms with van der Waals surface area (Å²) in [7, 11) is 0. The van der Waals surface area contributed by atoms with Crippen LogP contribution in [0.15, 0.2) is 60.7 Å². The van der Waals surface area contributed by atoms with Gasteiger partial charge in [0.05, 0.1) is 5.54 Å². The van der Waals surface area contributed by atoms with E-state index in [1.165, 1.54) is 0 Å². The van der Waals surface area contributed by atoms with Crippen molar-refractivity contribution in [1.29, 1.82) is 0 Å². The van der Waals surface area contributed by atoms with Crippen molar-refractivity contribution in [2.75, 3.05) is 5.88 Å². The molecule has 2 rings (SSSR count). The van der Waals surface area contributed by atoms with E-state index in [1.54, 1.807) is 0 Å². The number of rotatable bonds is 4.